The first-order valence-electron chi connectivity index (χ1n) is 5.96. The standard InChI is InChI=1S/C13H14ClIN4O2/c1-20-10-6-17-12(13(18-10)21-2)11(19-16)7-3-4-9(15)8(14)5-7/h3-6,11,19H,16H2,1-2H3. The van der Waals surface area contributed by atoms with Crippen LogP contribution in [-0.4, -0.2) is 24.2 Å². The highest BCUT2D eigenvalue weighted by molar-refractivity contribution is 14.1. The van der Waals surface area contributed by atoms with E-state index in [1.807, 2.05) is 18.2 Å². The van der Waals surface area contributed by atoms with Crippen LogP contribution in [0, 0.1) is 3.57 Å². The number of nitrogens with two attached hydrogens (primary N) is 1. The number of halogens is 2. The number of ether oxygens (including phenoxy) is 2. The molecular weight excluding hydrogens is 407 g/mol. The van der Waals surface area contributed by atoms with Gasteiger partial charge in [0.2, 0.25) is 11.8 Å². The van der Waals surface area contributed by atoms with Crippen molar-refractivity contribution in [3.63, 3.8) is 0 Å². The molecule has 6 nitrogen and oxygen atoms in total. The number of methoxy groups -OCH3 is 2. The maximum atomic E-state index is 6.16. The Morgan fingerprint density at radius 2 is 2.10 bits per heavy atom. The third-order valence-corrected chi connectivity index (χ3v) is 4.44. The molecule has 1 heterocycles. The van der Waals surface area contributed by atoms with Crippen LogP contribution in [0.2, 0.25) is 5.02 Å². The molecule has 2 aromatic rings. The van der Waals surface area contributed by atoms with Crippen LogP contribution in [0.15, 0.2) is 24.4 Å². The van der Waals surface area contributed by atoms with Crippen molar-refractivity contribution in [3.05, 3.63) is 44.2 Å². The Morgan fingerprint density at radius 1 is 1.33 bits per heavy atom. The quantitative estimate of drug-likeness (QED) is 0.439. The number of rotatable bonds is 5. The van der Waals surface area contributed by atoms with E-state index in [1.165, 1.54) is 20.4 Å². The maximum Gasteiger partial charge on any atom is 0.240 e. The molecule has 0 aliphatic rings. The van der Waals surface area contributed by atoms with Crippen LogP contribution in [0.4, 0.5) is 0 Å². The molecule has 0 saturated heterocycles. The SMILES string of the molecule is COc1cnc(C(NN)c2ccc(I)c(Cl)c2)c(OC)n1. The van der Waals surface area contributed by atoms with E-state index < -0.39 is 6.04 Å². The number of benzene rings is 1. The van der Waals surface area contributed by atoms with Gasteiger partial charge in [0.1, 0.15) is 5.69 Å². The predicted molar refractivity (Wildman–Crippen MR) is 88.5 cm³/mol. The summed E-state index contributed by atoms with van der Waals surface area (Å²) in [4.78, 5) is 8.53. The fourth-order valence-corrected chi connectivity index (χ4v) is 2.36. The van der Waals surface area contributed by atoms with E-state index in [4.69, 9.17) is 26.9 Å². The van der Waals surface area contributed by atoms with Crippen molar-refractivity contribution in [2.24, 2.45) is 5.84 Å². The van der Waals surface area contributed by atoms with Crippen LogP contribution in [-0.2, 0) is 0 Å². The Morgan fingerprint density at radius 3 is 2.67 bits per heavy atom. The Bertz CT molecular complexity index is 642. The molecule has 21 heavy (non-hydrogen) atoms. The number of nitrogens with one attached hydrogen (secondary N) is 1. The molecule has 0 saturated carbocycles. The minimum atomic E-state index is -0.396. The molecule has 2 rings (SSSR count). The molecule has 1 atom stereocenters. The smallest absolute Gasteiger partial charge is 0.240 e. The van der Waals surface area contributed by atoms with Crippen LogP contribution in [0.5, 0.6) is 11.8 Å². The molecule has 8 heteroatoms. The lowest BCUT2D eigenvalue weighted by Gasteiger charge is -2.18. The van der Waals surface area contributed by atoms with Crippen molar-refractivity contribution in [3.8, 4) is 11.8 Å². The van der Waals surface area contributed by atoms with Gasteiger partial charge in [0, 0.05) is 3.57 Å². The molecule has 0 aliphatic carbocycles. The number of hydrogen-bond acceptors (Lipinski definition) is 6. The molecule has 0 fully saturated rings. The van der Waals surface area contributed by atoms with Crippen molar-refractivity contribution in [2.45, 2.75) is 6.04 Å². The monoisotopic (exact) mass is 420 g/mol. The summed E-state index contributed by atoms with van der Waals surface area (Å²) in [5.41, 5.74) is 4.12. The highest BCUT2D eigenvalue weighted by Gasteiger charge is 2.21. The molecule has 0 amide bonds. The summed E-state index contributed by atoms with van der Waals surface area (Å²) in [5, 5.41) is 0.647. The zero-order valence-electron chi connectivity index (χ0n) is 11.4. The normalized spacial score (nSPS) is 12.0. The average molecular weight is 421 g/mol. The van der Waals surface area contributed by atoms with Crippen LogP contribution in [0.3, 0.4) is 0 Å². The number of nitrogens with zero attached hydrogens (tertiary/aromatic N) is 2. The zero-order valence-corrected chi connectivity index (χ0v) is 14.3. The van der Waals surface area contributed by atoms with Crippen molar-refractivity contribution < 1.29 is 9.47 Å². The van der Waals surface area contributed by atoms with Crippen molar-refractivity contribution in [2.75, 3.05) is 14.2 Å². The first-order chi connectivity index (χ1) is 10.1. The number of aromatic nitrogens is 2. The van der Waals surface area contributed by atoms with Gasteiger partial charge in [-0.05, 0) is 40.3 Å². The Hall–Kier alpha value is -1.16. The van der Waals surface area contributed by atoms with Gasteiger partial charge in [-0.15, -0.1) is 0 Å². The largest absolute Gasteiger partial charge is 0.480 e. The van der Waals surface area contributed by atoms with Gasteiger partial charge in [-0.2, -0.15) is 4.98 Å². The summed E-state index contributed by atoms with van der Waals surface area (Å²) in [7, 11) is 3.03. The highest BCUT2D eigenvalue weighted by atomic mass is 127. The summed E-state index contributed by atoms with van der Waals surface area (Å²) in [6, 6.07) is 5.27. The van der Waals surface area contributed by atoms with Crippen LogP contribution < -0.4 is 20.7 Å². The lowest BCUT2D eigenvalue weighted by atomic mass is 10.0. The molecule has 112 valence electrons. The van der Waals surface area contributed by atoms with E-state index in [0.717, 1.165) is 9.13 Å². The van der Waals surface area contributed by atoms with Gasteiger partial charge in [-0.1, -0.05) is 17.7 Å². The first-order valence-corrected chi connectivity index (χ1v) is 7.42. The Balaban J connectivity index is 2.47. The van der Waals surface area contributed by atoms with Gasteiger partial charge >= 0.3 is 0 Å². The van der Waals surface area contributed by atoms with Crippen molar-refractivity contribution >= 4 is 34.2 Å². The van der Waals surface area contributed by atoms with Crippen LogP contribution >= 0.6 is 34.2 Å². The minimum Gasteiger partial charge on any atom is -0.480 e. The summed E-state index contributed by atoms with van der Waals surface area (Å²) < 4.78 is 11.3. The lowest BCUT2D eigenvalue weighted by Crippen LogP contribution is -2.30. The van der Waals surface area contributed by atoms with Crippen LogP contribution in [0.25, 0.3) is 0 Å². The van der Waals surface area contributed by atoms with Crippen LogP contribution in [0.1, 0.15) is 17.3 Å². The second-order valence-corrected chi connectivity index (χ2v) is 5.65. The highest BCUT2D eigenvalue weighted by Crippen LogP contribution is 2.30. The number of hydrazine groups is 1. The third kappa shape index (κ3) is 3.54. The molecular formula is C13H14ClIN4O2. The summed E-state index contributed by atoms with van der Waals surface area (Å²) in [6.45, 7) is 0. The minimum absolute atomic E-state index is 0.340. The Kier molecular flexibility index (Phi) is 5.57. The maximum absolute atomic E-state index is 6.16. The summed E-state index contributed by atoms with van der Waals surface area (Å²) in [6.07, 6.45) is 1.51. The molecule has 1 aromatic carbocycles. The van der Waals surface area contributed by atoms with E-state index in [1.54, 1.807) is 0 Å². The third-order valence-electron chi connectivity index (χ3n) is 2.86. The number of hydrogen-bond donors (Lipinski definition) is 2. The summed E-state index contributed by atoms with van der Waals surface area (Å²) >= 11 is 8.32. The van der Waals surface area contributed by atoms with Gasteiger partial charge in [0.15, 0.2) is 0 Å². The van der Waals surface area contributed by atoms with E-state index in [9.17, 15) is 0 Å². The van der Waals surface area contributed by atoms with Crippen molar-refractivity contribution in [1.82, 2.24) is 15.4 Å². The summed E-state index contributed by atoms with van der Waals surface area (Å²) in [5.74, 6) is 6.38. The molecule has 1 unspecified atom stereocenters. The fraction of sp³-hybridized carbons (Fsp3) is 0.231. The zero-order chi connectivity index (χ0) is 15.4. The van der Waals surface area contributed by atoms with Gasteiger partial charge in [-0.3, -0.25) is 5.84 Å². The average Bonchev–Trinajstić information content (AvgIpc) is 2.51. The molecule has 0 bridgehead atoms. The van der Waals surface area contributed by atoms with E-state index in [2.05, 4.69) is 38.0 Å². The predicted octanol–water partition coefficient (Wildman–Crippen LogP) is 2.30. The van der Waals surface area contributed by atoms with Gasteiger partial charge in [-0.25, -0.2) is 10.4 Å². The molecule has 3 N–H and O–H groups in total. The Labute approximate surface area is 141 Å². The molecule has 0 spiro atoms. The second-order valence-electron chi connectivity index (χ2n) is 4.08. The van der Waals surface area contributed by atoms with Gasteiger partial charge in [0.25, 0.3) is 0 Å². The topological polar surface area (TPSA) is 82.3 Å². The fourth-order valence-electron chi connectivity index (χ4n) is 1.84. The molecule has 0 aliphatic heterocycles. The van der Waals surface area contributed by atoms with Gasteiger partial charge in [0.05, 0.1) is 31.5 Å². The lowest BCUT2D eigenvalue weighted by molar-refractivity contribution is 0.352. The van der Waals surface area contributed by atoms with E-state index >= 15 is 0 Å². The molecule has 0 radical (unpaired) electrons. The second kappa shape index (κ2) is 7.21. The van der Waals surface area contributed by atoms with E-state index in [0.29, 0.717) is 22.5 Å². The van der Waals surface area contributed by atoms with Crippen molar-refractivity contribution in [1.29, 1.82) is 0 Å². The first kappa shape index (κ1) is 16.2. The van der Waals surface area contributed by atoms with Gasteiger partial charge < -0.3 is 9.47 Å². The molecule has 1 aromatic heterocycles. The van der Waals surface area contributed by atoms with E-state index in [-0.39, 0.29) is 0 Å².